The average molecular weight is 257 g/mol. The van der Waals surface area contributed by atoms with E-state index in [1.807, 2.05) is 19.1 Å². The number of rotatable bonds is 1. The fourth-order valence-electron chi connectivity index (χ4n) is 1.19. The van der Waals surface area contributed by atoms with Gasteiger partial charge in [0.05, 0.1) is 0 Å². The Morgan fingerprint density at radius 2 is 2.29 bits per heavy atom. The highest BCUT2D eigenvalue weighted by atomic mass is 79.9. The number of carboxylic acid groups (broad SMARTS) is 1. The van der Waals surface area contributed by atoms with E-state index in [2.05, 4.69) is 4.98 Å². The van der Waals surface area contributed by atoms with Crippen LogP contribution in [0.2, 0.25) is 0 Å². The van der Waals surface area contributed by atoms with E-state index < -0.39 is 5.97 Å². The van der Waals surface area contributed by atoms with Gasteiger partial charge in [-0.1, -0.05) is 0 Å². The lowest BCUT2D eigenvalue weighted by molar-refractivity contribution is 0.0691. The summed E-state index contributed by atoms with van der Waals surface area (Å²) >= 11 is 0. The van der Waals surface area contributed by atoms with Crippen LogP contribution in [0.1, 0.15) is 16.1 Å². The van der Waals surface area contributed by atoms with Gasteiger partial charge >= 0.3 is 5.97 Å². The van der Waals surface area contributed by atoms with Gasteiger partial charge in [-0.05, 0) is 24.6 Å². The summed E-state index contributed by atoms with van der Waals surface area (Å²) in [7, 11) is 0. The molecule has 74 valence electrons. The summed E-state index contributed by atoms with van der Waals surface area (Å²) in [4.78, 5) is 14.5. The van der Waals surface area contributed by atoms with Crippen LogP contribution in [0.25, 0.3) is 5.65 Å². The smallest absolute Gasteiger partial charge is 0.356 e. The number of fused-ring (bicyclic) bond motifs is 1. The van der Waals surface area contributed by atoms with Crippen LogP contribution in [0.15, 0.2) is 24.5 Å². The van der Waals surface area contributed by atoms with E-state index in [9.17, 15) is 4.79 Å². The van der Waals surface area contributed by atoms with Crippen molar-refractivity contribution in [1.29, 1.82) is 0 Å². The molecule has 2 aromatic heterocycles. The van der Waals surface area contributed by atoms with Crippen LogP contribution in [0.4, 0.5) is 0 Å². The lowest BCUT2D eigenvalue weighted by Gasteiger charge is -1.92. The van der Waals surface area contributed by atoms with Gasteiger partial charge in [0.1, 0.15) is 5.65 Å². The minimum absolute atomic E-state index is 0. The van der Waals surface area contributed by atoms with E-state index >= 15 is 0 Å². The maximum absolute atomic E-state index is 10.6. The number of hydrogen-bond acceptors (Lipinski definition) is 2. The third-order valence-corrected chi connectivity index (χ3v) is 1.83. The maximum atomic E-state index is 10.6. The molecule has 1 N–H and O–H groups in total. The number of pyridine rings is 1. The van der Waals surface area contributed by atoms with Gasteiger partial charge in [-0.25, -0.2) is 9.78 Å². The number of hydrogen-bond donors (Lipinski definition) is 1. The molecule has 0 saturated heterocycles. The van der Waals surface area contributed by atoms with Crippen molar-refractivity contribution in [3.63, 3.8) is 0 Å². The van der Waals surface area contributed by atoms with E-state index in [0.29, 0.717) is 5.65 Å². The van der Waals surface area contributed by atoms with Crippen LogP contribution in [-0.4, -0.2) is 20.5 Å². The summed E-state index contributed by atoms with van der Waals surface area (Å²) < 4.78 is 1.69. The maximum Gasteiger partial charge on any atom is 0.356 e. The SMILES string of the molecule is Br.Cc1ccn2cc(C(=O)O)nc2c1. The molecular weight excluding hydrogens is 248 g/mol. The molecule has 0 amide bonds. The van der Waals surface area contributed by atoms with Gasteiger partial charge in [0.15, 0.2) is 5.69 Å². The number of carboxylic acids is 1. The van der Waals surface area contributed by atoms with Crippen molar-refractivity contribution in [2.75, 3.05) is 0 Å². The Morgan fingerprint density at radius 1 is 1.57 bits per heavy atom. The molecule has 4 nitrogen and oxygen atoms in total. The second-order valence-electron chi connectivity index (χ2n) is 2.90. The molecule has 0 saturated carbocycles. The van der Waals surface area contributed by atoms with Crippen LogP contribution >= 0.6 is 17.0 Å². The summed E-state index contributed by atoms with van der Waals surface area (Å²) in [5.74, 6) is -0.999. The predicted octanol–water partition coefficient (Wildman–Crippen LogP) is 1.92. The molecule has 0 aliphatic carbocycles. The second-order valence-corrected chi connectivity index (χ2v) is 2.90. The summed E-state index contributed by atoms with van der Waals surface area (Å²) in [6, 6.07) is 3.74. The van der Waals surface area contributed by atoms with Crippen LogP contribution in [0, 0.1) is 6.92 Å². The lowest BCUT2D eigenvalue weighted by Crippen LogP contribution is -1.94. The summed E-state index contributed by atoms with van der Waals surface area (Å²) in [5.41, 5.74) is 1.80. The molecule has 0 atom stereocenters. The lowest BCUT2D eigenvalue weighted by atomic mass is 10.3. The third-order valence-electron chi connectivity index (χ3n) is 1.83. The molecule has 2 aromatic rings. The van der Waals surface area contributed by atoms with Crippen LogP contribution in [0.5, 0.6) is 0 Å². The minimum atomic E-state index is -0.999. The van der Waals surface area contributed by atoms with Crippen molar-refractivity contribution in [3.05, 3.63) is 35.8 Å². The molecule has 5 heteroatoms. The number of carbonyl (C=O) groups is 1. The van der Waals surface area contributed by atoms with E-state index in [0.717, 1.165) is 5.56 Å². The largest absolute Gasteiger partial charge is 0.476 e. The van der Waals surface area contributed by atoms with E-state index in [1.165, 1.54) is 6.20 Å². The van der Waals surface area contributed by atoms with Gasteiger partial charge in [-0.2, -0.15) is 0 Å². The zero-order valence-electron chi connectivity index (χ0n) is 7.47. The molecule has 0 fully saturated rings. The standard InChI is InChI=1S/C9H8N2O2.BrH/c1-6-2-3-11-5-7(9(12)13)10-8(11)4-6;/h2-5H,1H3,(H,12,13);1H. The number of halogens is 1. The Bertz CT molecular complexity index is 479. The molecule has 0 unspecified atom stereocenters. The van der Waals surface area contributed by atoms with Crippen molar-refractivity contribution in [2.45, 2.75) is 6.92 Å². The Balaban J connectivity index is 0.000000980. The van der Waals surface area contributed by atoms with Crippen LogP contribution in [0.3, 0.4) is 0 Å². The zero-order valence-corrected chi connectivity index (χ0v) is 9.18. The van der Waals surface area contributed by atoms with Crippen LogP contribution in [-0.2, 0) is 0 Å². The van der Waals surface area contributed by atoms with Gasteiger partial charge < -0.3 is 9.51 Å². The molecule has 0 aliphatic heterocycles. The highest BCUT2D eigenvalue weighted by Gasteiger charge is 2.07. The Hall–Kier alpha value is -1.36. The fraction of sp³-hybridized carbons (Fsp3) is 0.111. The van der Waals surface area contributed by atoms with E-state index in [4.69, 9.17) is 5.11 Å². The Labute approximate surface area is 91.0 Å². The molecule has 0 aliphatic rings. The highest BCUT2D eigenvalue weighted by molar-refractivity contribution is 8.93. The first kappa shape index (κ1) is 10.7. The molecule has 0 bridgehead atoms. The van der Waals surface area contributed by atoms with Crippen LogP contribution < -0.4 is 0 Å². The van der Waals surface area contributed by atoms with Crippen molar-refractivity contribution >= 4 is 28.6 Å². The van der Waals surface area contributed by atoms with E-state index in [-0.39, 0.29) is 22.7 Å². The first-order valence-corrected chi connectivity index (χ1v) is 3.85. The number of imidazole rings is 1. The molecule has 0 spiro atoms. The molecule has 14 heavy (non-hydrogen) atoms. The van der Waals surface area contributed by atoms with Gasteiger partial charge in [0.25, 0.3) is 0 Å². The normalized spacial score (nSPS) is 9.79. The summed E-state index contributed by atoms with van der Waals surface area (Å²) in [5, 5.41) is 8.68. The summed E-state index contributed by atoms with van der Waals surface area (Å²) in [6.07, 6.45) is 3.29. The first-order chi connectivity index (χ1) is 6.16. The monoisotopic (exact) mass is 256 g/mol. The topological polar surface area (TPSA) is 54.6 Å². The number of nitrogens with zero attached hydrogens (tertiary/aromatic N) is 2. The highest BCUT2D eigenvalue weighted by Crippen LogP contribution is 2.07. The van der Waals surface area contributed by atoms with Gasteiger partial charge in [-0.15, -0.1) is 17.0 Å². The third kappa shape index (κ3) is 1.77. The number of aromatic nitrogens is 2. The minimum Gasteiger partial charge on any atom is -0.476 e. The quantitative estimate of drug-likeness (QED) is 0.849. The van der Waals surface area contributed by atoms with Gasteiger partial charge in [0, 0.05) is 12.4 Å². The van der Waals surface area contributed by atoms with Gasteiger partial charge in [0.2, 0.25) is 0 Å². The number of aryl methyl sites for hydroxylation is 1. The van der Waals surface area contributed by atoms with E-state index in [1.54, 1.807) is 10.6 Å². The predicted molar refractivity (Wildman–Crippen MR) is 57.2 cm³/mol. The first-order valence-electron chi connectivity index (χ1n) is 3.85. The number of aromatic carboxylic acids is 1. The van der Waals surface area contributed by atoms with Gasteiger partial charge in [-0.3, -0.25) is 0 Å². The Morgan fingerprint density at radius 3 is 2.93 bits per heavy atom. The fourth-order valence-corrected chi connectivity index (χ4v) is 1.19. The molecule has 0 radical (unpaired) electrons. The molecule has 0 aromatic carbocycles. The Kier molecular flexibility index (Phi) is 2.90. The van der Waals surface area contributed by atoms with Crippen molar-refractivity contribution in [2.24, 2.45) is 0 Å². The van der Waals surface area contributed by atoms with Crippen molar-refractivity contribution in [1.82, 2.24) is 9.38 Å². The molecular formula is C9H9BrN2O2. The molecule has 2 heterocycles. The average Bonchev–Trinajstić information content (AvgIpc) is 2.46. The zero-order chi connectivity index (χ0) is 9.42. The van der Waals surface area contributed by atoms with Crippen molar-refractivity contribution in [3.8, 4) is 0 Å². The second kappa shape index (κ2) is 3.79. The molecule has 2 rings (SSSR count). The van der Waals surface area contributed by atoms with Crippen molar-refractivity contribution < 1.29 is 9.90 Å². The summed E-state index contributed by atoms with van der Waals surface area (Å²) in [6.45, 7) is 1.94.